The molecule has 0 saturated carbocycles. The minimum absolute atomic E-state index is 0.0831. The molecule has 2 aliphatic heterocycles. The smallest absolute Gasteiger partial charge is 0.187 e. The molecule has 12 nitrogen and oxygen atoms in total. The fraction of sp³-hybridized carbons (Fsp3) is 0.370. The minimum Gasteiger partial charge on any atom is -0.394 e. The summed E-state index contributed by atoms with van der Waals surface area (Å²) in [7, 11) is 0. The second kappa shape index (κ2) is 13.2. The lowest BCUT2D eigenvalue weighted by atomic mass is 9.98. The van der Waals surface area contributed by atoms with Gasteiger partial charge in [-0.25, -0.2) is 17.6 Å². The van der Waals surface area contributed by atoms with Gasteiger partial charge >= 0.3 is 0 Å². The molecule has 2 aliphatic rings. The van der Waals surface area contributed by atoms with E-state index in [1.165, 1.54) is 41.5 Å². The lowest BCUT2D eigenvalue weighted by molar-refractivity contribution is -0.304. The molecule has 0 aliphatic carbocycles. The highest BCUT2D eigenvalue weighted by Gasteiger charge is 2.44. The van der Waals surface area contributed by atoms with Gasteiger partial charge in [-0.3, -0.25) is 9.67 Å². The second-order valence-electron chi connectivity index (χ2n) is 9.75. The summed E-state index contributed by atoms with van der Waals surface area (Å²) in [6, 6.07) is 3.07. The number of aryl methyl sites for hydroxylation is 1. The third-order valence-corrected chi connectivity index (χ3v) is 6.89. The number of aromatic nitrogens is 4. The molecule has 5 atom stereocenters. The van der Waals surface area contributed by atoms with Gasteiger partial charge in [-0.15, -0.1) is 5.10 Å². The summed E-state index contributed by atoms with van der Waals surface area (Å²) < 4.78 is 72.7. The van der Waals surface area contributed by atoms with Crippen molar-refractivity contribution in [1.29, 1.82) is 0 Å². The molecule has 6 N–H and O–H groups in total. The van der Waals surface area contributed by atoms with Crippen molar-refractivity contribution < 1.29 is 47.5 Å². The minimum atomic E-state index is -1.59. The quantitative estimate of drug-likeness (QED) is 0.107. The summed E-state index contributed by atoms with van der Waals surface area (Å²) >= 11 is 0. The number of hydrogen-bond acceptors (Lipinski definition) is 10. The van der Waals surface area contributed by atoms with Crippen LogP contribution in [-0.4, -0.2) is 90.5 Å². The first-order valence-electron chi connectivity index (χ1n) is 13.2. The van der Waals surface area contributed by atoms with Gasteiger partial charge in [-0.1, -0.05) is 5.21 Å². The first kappa shape index (κ1) is 30.5. The third kappa shape index (κ3) is 6.24. The number of nitrogens with one attached hydrogen (secondary N) is 2. The van der Waals surface area contributed by atoms with Crippen molar-refractivity contribution in [2.75, 3.05) is 18.5 Å². The van der Waals surface area contributed by atoms with Crippen molar-refractivity contribution in [3.8, 4) is 0 Å². The number of benzene rings is 1. The highest BCUT2D eigenvalue weighted by Crippen LogP contribution is 2.37. The van der Waals surface area contributed by atoms with E-state index in [1.807, 2.05) is 0 Å². The number of aliphatic hydroxyl groups excluding tert-OH is 4. The van der Waals surface area contributed by atoms with Crippen molar-refractivity contribution in [3.05, 3.63) is 82.6 Å². The number of anilines is 1. The van der Waals surface area contributed by atoms with E-state index < -0.39 is 71.8 Å². The van der Waals surface area contributed by atoms with Crippen LogP contribution in [0, 0.1) is 23.3 Å². The number of rotatable bonds is 11. The molecule has 4 heterocycles. The summed E-state index contributed by atoms with van der Waals surface area (Å²) in [4.78, 5) is 6.82. The number of aliphatic imine (C=N–C) groups is 1. The van der Waals surface area contributed by atoms with E-state index in [9.17, 15) is 20.4 Å². The summed E-state index contributed by atoms with van der Waals surface area (Å²) in [5, 5.41) is 49.2. The molecule has 2 aromatic heterocycles. The van der Waals surface area contributed by atoms with E-state index >= 15 is 17.6 Å². The summed E-state index contributed by atoms with van der Waals surface area (Å²) in [5.41, 5.74) is -1.32. The lowest BCUT2D eigenvalue weighted by Crippen LogP contribution is -2.59. The largest absolute Gasteiger partial charge is 0.394 e. The molecule has 1 fully saturated rings. The van der Waals surface area contributed by atoms with E-state index in [-0.39, 0.29) is 43.1 Å². The van der Waals surface area contributed by atoms with Gasteiger partial charge in [0.2, 0.25) is 0 Å². The molecule has 0 amide bonds. The predicted molar refractivity (Wildman–Crippen MR) is 142 cm³/mol. The van der Waals surface area contributed by atoms with Crippen LogP contribution in [0.4, 0.5) is 23.2 Å². The molecule has 1 saturated heterocycles. The number of H-pyrrole nitrogens is 1. The predicted octanol–water partition coefficient (Wildman–Crippen LogP) is 1.38. The van der Waals surface area contributed by atoms with Gasteiger partial charge < -0.3 is 40.2 Å². The van der Waals surface area contributed by atoms with Crippen LogP contribution in [0.25, 0.3) is 5.57 Å². The standard InChI is InChI=1S/C27H28F4N6O6/c28-19-18(17(14-4-1-6-32-14)15-5-2-7-33-15)20(29)22(31)23(21(19)30)34-8-3-9-37-10-13(35-36-37)12-42-27-26(41)25(40)24(39)16(11-38)43-27/h1-2,4-7,10,16,24-27,32,34,38-41H,3,8-9,11-12H2. The van der Waals surface area contributed by atoms with Crippen LogP contribution in [0.1, 0.15) is 23.4 Å². The van der Waals surface area contributed by atoms with Gasteiger partial charge in [0.25, 0.3) is 0 Å². The number of halogens is 4. The number of aliphatic hydroxyl groups is 4. The number of allylic oxidation sites excluding steroid dienone is 2. The van der Waals surface area contributed by atoms with Gasteiger partial charge in [-0.2, -0.15) is 0 Å². The highest BCUT2D eigenvalue weighted by molar-refractivity contribution is 5.88. The highest BCUT2D eigenvalue weighted by atomic mass is 19.2. The Hall–Kier alpha value is -3.93. The van der Waals surface area contributed by atoms with Gasteiger partial charge in [0.05, 0.1) is 30.7 Å². The van der Waals surface area contributed by atoms with Crippen LogP contribution in [0.15, 0.2) is 47.4 Å². The number of nitrogens with zero attached hydrogens (tertiary/aromatic N) is 4. The first-order valence-corrected chi connectivity index (χ1v) is 13.2. The molecule has 230 valence electrons. The maximum absolute atomic E-state index is 15.2. The van der Waals surface area contributed by atoms with Crippen LogP contribution in [0.3, 0.4) is 0 Å². The van der Waals surface area contributed by atoms with E-state index in [0.29, 0.717) is 5.69 Å². The van der Waals surface area contributed by atoms with Crippen molar-refractivity contribution in [2.45, 2.75) is 50.3 Å². The van der Waals surface area contributed by atoms with Gasteiger partial charge in [0, 0.05) is 36.8 Å². The van der Waals surface area contributed by atoms with Crippen LogP contribution < -0.4 is 5.32 Å². The molecule has 5 unspecified atom stereocenters. The Bertz CT molecular complexity index is 1480. The van der Waals surface area contributed by atoms with E-state index in [2.05, 4.69) is 25.6 Å². The average molecular weight is 609 g/mol. The zero-order valence-electron chi connectivity index (χ0n) is 22.4. The molecule has 3 aromatic rings. The second-order valence-corrected chi connectivity index (χ2v) is 9.75. The zero-order valence-corrected chi connectivity index (χ0v) is 22.4. The Morgan fingerprint density at radius 1 is 1.07 bits per heavy atom. The van der Waals surface area contributed by atoms with E-state index in [0.717, 1.165) is 0 Å². The van der Waals surface area contributed by atoms with Crippen molar-refractivity contribution >= 4 is 17.5 Å². The summed E-state index contributed by atoms with van der Waals surface area (Å²) in [6.07, 6.45) is 0.421. The van der Waals surface area contributed by atoms with Gasteiger partial charge in [0.15, 0.2) is 29.6 Å². The monoisotopic (exact) mass is 608 g/mol. The van der Waals surface area contributed by atoms with Crippen LogP contribution in [0.5, 0.6) is 0 Å². The Morgan fingerprint density at radius 3 is 2.49 bits per heavy atom. The lowest BCUT2D eigenvalue weighted by Gasteiger charge is -2.39. The van der Waals surface area contributed by atoms with Crippen LogP contribution in [-0.2, 0) is 22.6 Å². The van der Waals surface area contributed by atoms with Crippen LogP contribution >= 0.6 is 0 Å². The topological polar surface area (TPSA) is 170 Å². The van der Waals surface area contributed by atoms with Gasteiger partial charge in [0.1, 0.15) is 35.8 Å². The third-order valence-electron chi connectivity index (χ3n) is 6.89. The average Bonchev–Trinajstić information content (AvgIpc) is 3.80. The molecule has 0 bridgehead atoms. The molecular formula is C27H28F4N6O6. The first-order chi connectivity index (χ1) is 20.7. The fourth-order valence-electron chi connectivity index (χ4n) is 4.68. The molecule has 43 heavy (non-hydrogen) atoms. The Morgan fingerprint density at radius 2 is 1.84 bits per heavy atom. The summed E-state index contributed by atoms with van der Waals surface area (Å²) in [6.45, 7) is -0.699. The van der Waals surface area contributed by atoms with Crippen molar-refractivity contribution in [1.82, 2.24) is 20.0 Å². The Balaban J connectivity index is 1.20. The molecule has 0 spiro atoms. The summed E-state index contributed by atoms with van der Waals surface area (Å²) in [5.74, 6) is -6.32. The number of hydrogen-bond donors (Lipinski definition) is 6. The molecular weight excluding hydrogens is 580 g/mol. The normalized spacial score (nSPS) is 24.6. The van der Waals surface area contributed by atoms with Crippen LogP contribution in [0.2, 0.25) is 0 Å². The maximum atomic E-state index is 15.2. The molecule has 16 heteroatoms. The maximum Gasteiger partial charge on any atom is 0.187 e. The molecule has 5 rings (SSSR count). The van der Waals surface area contributed by atoms with E-state index in [1.54, 1.807) is 6.07 Å². The van der Waals surface area contributed by atoms with E-state index in [4.69, 9.17) is 9.47 Å². The van der Waals surface area contributed by atoms with Crippen molar-refractivity contribution in [2.24, 2.45) is 4.99 Å². The van der Waals surface area contributed by atoms with Gasteiger partial charge in [-0.05, 0) is 30.7 Å². The van der Waals surface area contributed by atoms with Crippen molar-refractivity contribution in [3.63, 3.8) is 0 Å². The zero-order chi connectivity index (χ0) is 30.7. The fourth-order valence-corrected chi connectivity index (χ4v) is 4.68. The number of aromatic amines is 1. The molecule has 0 radical (unpaired) electrons. The molecule has 1 aromatic carbocycles. The Kier molecular flexibility index (Phi) is 9.34. The Labute approximate surface area is 241 Å². The SMILES string of the molecule is OCC1OC(OCc2cn(CCCNc3c(F)c(F)c(C(=C4C=CC=N4)c4ccc[nH]4)c(F)c3F)nn2)C(O)C(O)C1O. The number of ether oxygens (including phenoxy) is 2.